The van der Waals surface area contributed by atoms with Crippen LogP contribution in [0.1, 0.15) is 11.1 Å². The second-order valence-electron chi connectivity index (χ2n) is 5.01. The van der Waals surface area contributed by atoms with Crippen LogP contribution in [0.5, 0.6) is 0 Å². The van der Waals surface area contributed by atoms with Gasteiger partial charge in [-0.1, -0.05) is 59.7 Å². The minimum absolute atomic E-state index is 0. The Morgan fingerprint density at radius 1 is 0.615 bits per heavy atom. The van der Waals surface area contributed by atoms with Gasteiger partial charge < -0.3 is 0 Å². The predicted octanol–water partition coefficient (Wildman–Crippen LogP) is 3.59. The summed E-state index contributed by atoms with van der Waals surface area (Å²) in [6, 6.07) is 17.0. The van der Waals surface area contributed by atoms with Gasteiger partial charge in [0, 0.05) is 17.1 Å². The van der Waals surface area contributed by atoms with E-state index < -0.39 is 8.11 Å². The van der Waals surface area contributed by atoms with Gasteiger partial charge in [-0.15, -0.1) is 0 Å². The van der Waals surface area contributed by atoms with Gasteiger partial charge >= 0.3 is 22.6 Å². The summed E-state index contributed by atoms with van der Waals surface area (Å²) in [4.78, 5) is 0. The molecule has 0 atom stereocenters. The van der Waals surface area contributed by atoms with Crippen molar-refractivity contribution >= 4 is 29.6 Å². The maximum Gasteiger partial charge on any atom is 0 e. The molecule has 0 unspecified atom stereocenters. The van der Waals surface area contributed by atoms with Crippen LogP contribution in [0, 0.1) is 59.3 Å². The van der Waals surface area contributed by atoms with Crippen molar-refractivity contribution < 1.29 is 26.4 Å². The molecule has 26 heavy (non-hydrogen) atoms. The van der Waals surface area contributed by atoms with Crippen molar-refractivity contribution in [1.82, 2.24) is 0 Å². The standard InChI is InChI=1S/C14H14ClSi.C5H5.2CO.Fe/c1-11-3-7-13(8-4-11)16(15)14-9-5-12(2)6-10-14;1-2-4-5-3-1;2*1-2;/h3-10H,1-2H3;1-5H;;;. The molecule has 2 aromatic carbocycles. The molecule has 134 valence electrons. The topological polar surface area (TPSA) is 39.8 Å². The second-order valence-corrected chi connectivity index (χ2v) is 7.92. The third-order valence-electron chi connectivity index (χ3n) is 3.17. The van der Waals surface area contributed by atoms with Crippen LogP contribution in [0.2, 0.25) is 0 Å². The summed E-state index contributed by atoms with van der Waals surface area (Å²) in [5.41, 5.74) is 2.55. The third-order valence-corrected chi connectivity index (χ3v) is 6.16. The number of halogens is 1. The van der Waals surface area contributed by atoms with Gasteiger partial charge in [0.2, 0.25) is 8.11 Å². The molecule has 1 saturated carbocycles. The Balaban J connectivity index is 0. The Labute approximate surface area is 174 Å². The van der Waals surface area contributed by atoms with Crippen LogP contribution < -0.4 is 10.4 Å². The zero-order valence-electron chi connectivity index (χ0n) is 14.6. The summed E-state index contributed by atoms with van der Waals surface area (Å²) in [6.07, 6.45) is 10.0. The minimum atomic E-state index is -1.11. The monoisotopic (exact) mass is 422 g/mol. The molecule has 0 heterocycles. The van der Waals surface area contributed by atoms with Gasteiger partial charge in [0.1, 0.15) is 0 Å². The molecule has 0 aromatic heterocycles. The van der Waals surface area contributed by atoms with Gasteiger partial charge in [-0.3, -0.25) is 0 Å². The van der Waals surface area contributed by atoms with Crippen LogP contribution in [0.25, 0.3) is 0 Å². The molecule has 1 fully saturated rings. The number of hydrogen-bond acceptors (Lipinski definition) is 0. The second kappa shape index (κ2) is 17.4. The summed E-state index contributed by atoms with van der Waals surface area (Å²) in [7, 11) is -1.11. The number of benzene rings is 2. The Hall–Kier alpha value is -1.05. The largest absolute Gasteiger partial charge is 0.0312 e. The maximum absolute atomic E-state index is 7.50. The molecule has 0 spiro atoms. The van der Waals surface area contributed by atoms with E-state index in [0.717, 1.165) is 0 Å². The zero-order valence-corrected chi connectivity index (χ0v) is 17.4. The van der Waals surface area contributed by atoms with Crippen molar-refractivity contribution in [1.29, 1.82) is 0 Å². The van der Waals surface area contributed by atoms with Crippen molar-refractivity contribution in [3.05, 3.63) is 105 Å². The summed E-state index contributed by atoms with van der Waals surface area (Å²) >= 11 is 6.54. The van der Waals surface area contributed by atoms with Gasteiger partial charge in [0.15, 0.2) is 0 Å². The molecule has 0 saturated heterocycles. The van der Waals surface area contributed by atoms with Crippen molar-refractivity contribution in [2.75, 3.05) is 0 Å². The molecule has 0 N–H and O–H groups in total. The number of aryl methyl sites for hydroxylation is 2. The van der Waals surface area contributed by atoms with Gasteiger partial charge in [-0.25, -0.2) is 0 Å². The van der Waals surface area contributed by atoms with E-state index in [1.165, 1.54) is 21.5 Å². The first kappa shape index (κ1) is 27.2. The van der Waals surface area contributed by atoms with Crippen LogP contribution >= 0.6 is 11.1 Å². The van der Waals surface area contributed by atoms with Crippen molar-refractivity contribution in [3.63, 3.8) is 0 Å². The van der Waals surface area contributed by atoms with Crippen molar-refractivity contribution in [2.24, 2.45) is 0 Å². The van der Waals surface area contributed by atoms with Crippen molar-refractivity contribution in [3.8, 4) is 0 Å². The third kappa shape index (κ3) is 10.8. The first-order valence-corrected chi connectivity index (χ1v) is 9.92. The fourth-order valence-corrected chi connectivity index (χ4v) is 3.90. The molecule has 0 bridgehead atoms. The zero-order chi connectivity index (χ0) is 19.1. The van der Waals surface area contributed by atoms with E-state index in [1.807, 2.05) is 32.1 Å². The quantitative estimate of drug-likeness (QED) is 0.307. The van der Waals surface area contributed by atoms with Gasteiger partial charge in [-0.05, 0) is 56.3 Å². The molecule has 6 radical (unpaired) electrons. The summed E-state index contributed by atoms with van der Waals surface area (Å²) < 4.78 is 15.0. The fourth-order valence-electron chi connectivity index (χ4n) is 1.89. The Kier molecular flexibility index (Phi) is 18.1. The normalized spacial score (nSPS) is 11.4. The Bertz CT molecular complexity index is 561. The van der Waals surface area contributed by atoms with E-state index in [0.29, 0.717) is 0 Å². The van der Waals surface area contributed by atoms with Crippen LogP contribution in [-0.4, -0.2) is 8.11 Å². The SMILES string of the molecule is Cc1ccc([Si](Cl)c2ccc(C)cc2)cc1.[C-]#[O+].[C-]#[O+].[CH]1[CH][CH][CH][CH]1.[Fe]. The maximum atomic E-state index is 7.50. The predicted molar refractivity (Wildman–Crippen MR) is 103 cm³/mol. The molecule has 0 amide bonds. The van der Waals surface area contributed by atoms with Crippen LogP contribution in [-0.2, 0) is 26.4 Å². The average Bonchev–Trinajstić information content (AvgIpc) is 3.26. The minimum Gasteiger partial charge on any atom is -0.0312 e. The van der Waals surface area contributed by atoms with Crippen LogP contribution in [0.3, 0.4) is 0 Å². The number of hydrogen-bond donors (Lipinski definition) is 0. The Morgan fingerprint density at radius 3 is 1.08 bits per heavy atom. The van der Waals surface area contributed by atoms with E-state index in [1.54, 1.807) is 0 Å². The summed E-state index contributed by atoms with van der Waals surface area (Å²) in [5, 5.41) is 2.50. The molecule has 2 nitrogen and oxygen atoms in total. The summed E-state index contributed by atoms with van der Waals surface area (Å²) in [5.74, 6) is 0. The smallest absolute Gasteiger partial charge is 0 e. The molecule has 0 aliphatic heterocycles. The van der Waals surface area contributed by atoms with Gasteiger partial charge in [-0.2, -0.15) is 11.1 Å². The van der Waals surface area contributed by atoms with Crippen LogP contribution in [0.15, 0.2) is 48.5 Å². The average molecular weight is 423 g/mol. The molecular weight excluding hydrogens is 404 g/mol. The number of rotatable bonds is 2. The van der Waals surface area contributed by atoms with E-state index in [-0.39, 0.29) is 17.1 Å². The molecule has 5 heteroatoms. The van der Waals surface area contributed by atoms with E-state index in [2.05, 4.69) is 75.7 Å². The molecule has 1 aliphatic rings. The fraction of sp³-hybridized carbons (Fsp3) is 0.0952. The molecule has 3 rings (SSSR count). The van der Waals surface area contributed by atoms with E-state index >= 15 is 0 Å². The first-order chi connectivity index (χ1) is 12.2. The van der Waals surface area contributed by atoms with E-state index in [4.69, 9.17) is 20.4 Å². The van der Waals surface area contributed by atoms with Gasteiger partial charge in [0.25, 0.3) is 0 Å². The van der Waals surface area contributed by atoms with Crippen LogP contribution in [0.4, 0.5) is 0 Å². The molecular formula is C21H19ClFeO2Si. The van der Waals surface area contributed by atoms with Gasteiger partial charge in [0.05, 0.1) is 0 Å². The Morgan fingerprint density at radius 2 is 0.846 bits per heavy atom. The van der Waals surface area contributed by atoms with E-state index in [9.17, 15) is 0 Å². The summed E-state index contributed by atoms with van der Waals surface area (Å²) in [6.45, 7) is 13.2. The first-order valence-electron chi connectivity index (χ1n) is 7.41. The molecule has 1 aliphatic carbocycles. The molecule has 2 aromatic rings. The van der Waals surface area contributed by atoms with Crippen molar-refractivity contribution in [2.45, 2.75) is 13.8 Å².